The lowest BCUT2D eigenvalue weighted by atomic mass is 9.77. The molecule has 0 saturated carbocycles. The van der Waals surface area contributed by atoms with Crippen molar-refractivity contribution in [2.24, 2.45) is 0 Å². The van der Waals surface area contributed by atoms with Crippen molar-refractivity contribution < 1.29 is 18.1 Å². The van der Waals surface area contributed by atoms with E-state index >= 15 is 0 Å². The quantitative estimate of drug-likeness (QED) is 0.0545. The van der Waals surface area contributed by atoms with Crippen molar-refractivity contribution >= 4 is 7.82 Å². The van der Waals surface area contributed by atoms with Gasteiger partial charge in [0.15, 0.2) is 0 Å². The smallest absolute Gasteiger partial charge is 0.404 e. The highest BCUT2D eigenvalue weighted by Crippen LogP contribution is 2.53. The molecule has 0 saturated heterocycles. The third-order valence-corrected chi connectivity index (χ3v) is 13.3. The average molecular weight is 811 g/mol. The average Bonchev–Trinajstić information content (AvgIpc) is 3.14. The Kier molecular flexibility index (Phi) is 25.3. The van der Waals surface area contributed by atoms with Gasteiger partial charge < -0.3 is 4.52 Å². The number of phosphoric ester groups is 1. The summed E-state index contributed by atoms with van der Waals surface area (Å²) in [6.07, 6.45) is 29.8. The number of rotatable bonds is 32. The third kappa shape index (κ3) is 20.5. The lowest BCUT2D eigenvalue weighted by molar-refractivity contribution is 0.150. The van der Waals surface area contributed by atoms with Gasteiger partial charge in [-0.3, -0.25) is 9.05 Å². The lowest BCUT2D eigenvalue weighted by Gasteiger charge is -2.30. The number of aryl methyl sites for hydroxylation is 2. The molecule has 57 heavy (non-hydrogen) atoms. The molecular weight excluding hydrogens is 720 g/mol. The van der Waals surface area contributed by atoms with Gasteiger partial charge in [-0.25, -0.2) is 4.57 Å². The number of hydrogen-bond acceptors (Lipinski definition) is 4. The van der Waals surface area contributed by atoms with E-state index in [1.165, 1.54) is 138 Å². The summed E-state index contributed by atoms with van der Waals surface area (Å²) in [6.45, 7) is 25.6. The molecule has 4 nitrogen and oxygen atoms in total. The topological polar surface area (TPSA) is 44.8 Å². The minimum Gasteiger partial charge on any atom is -0.404 e. The van der Waals surface area contributed by atoms with Crippen molar-refractivity contribution in [3.8, 4) is 5.75 Å². The predicted molar refractivity (Wildman–Crippen MR) is 250 cm³/mol. The van der Waals surface area contributed by atoms with Crippen molar-refractivity contribution in [3.63, 3.8) is 0 Å². The second-order valence-corrected chi connectivity index (χ2v) is 21.0. The van der Waals surface area contributed by atoms with E-state index in [1.807, 2.05) is 0 Å². The van der Waals surface area contributed by atoms with Crippen LogP contribution in [0, 0.1) is 13.8 Å². The van der Waals surface area contributed by atoms with Gasteiger partial charge in [-0.2, -0.15) is 0 Å². The molecule has 2 aromatic carbocycles. The summed E-state index contributed by atoms with van der Waals surface area (Å²) in [5.41, 5.74) is 7.45. The molecule has 2 rings (SSSR count). The zero-order valence-corrected chi connectivity index (χ0v) is 40.3. The molecule has 0 fully saturated rings. The molecule has 0 bridgehead atoms. The van der Waals surface area contributed by atoms with E-state index in [-0.39, 0.29) is 16.7 Å². The van der Waals surface area contributed by atoms with Crippen molar-refractivity contribution in [3.05, 3.63) is 63.7 Å². The van der Waals surface area contributed by atoms with Crippen LogP contribution in [0.4, 0.5) is 0 Å². The summed E-state index contributed by atoms with van der Waals surface area (Å²) in [4.78, 5) is 0. The van der Waals surface area contributed by atoms with Crippen LogP contribution >= 0.6 is 7.82 Å². The summed E-state index contributed by atoms with van der Waals surface area (Å²) >= 11 is 0. The Labute approximate surface area is 354 Å². The van der Waals surface area contributed by atoms with Gasteiger partial charge in [0.05, 0.1) is 13.2 Å². The van der Waals surface area contributed by atoms with Crippen LogP contribution in [0.15, 0.2) is 30.3 Å². The molecule has 1 unspecified atom stereocenters. The summed E-state index contributed by atoms with van der Waals surface area (Å²) in [6, 6.07) is 11.5. The maximum Gasteiger partial charge on any atom is 0.530 e. The summed E-state index contributed by atoms with van der Waals surface area (Å²) in [7, 11) is -3.86. The van der Waals surface area contributed by atoms with E-state index in [0.717, 1.165) is 49.7 Å². The zero-order valence-electron chi connectivity index (χ0n) is 39.4. The third-order valence-electron chi connectivity index (χ3n) is 11.9. The van der Waals surface area contributed by atoms with Crippen molar-refractivity contribution in [1.29, 1.82) is 0 Å². The van der Waals surface area contributed by atoms with E-state index < -0.39 is 7.82 Å². The normalized spacial score (nSPS) is 13.0. The fourth-order valence-corrected chi connectivity index (χ4v) is 9.36. The van der Waals surface area contributed by atoms with Gasteiger partial charge in [0.2, 0.25) is 0 Å². The Bertz CT molecular complexity index is 1370. The van der Waals surface area contributed by atoms with E-state index in [4.69, 9.17) is 13.6 Å². The van der Waals surface area contributed by atoms with Crippen molar-refractivity contribution in [2.75, 3.05) is 13.2 Å². The maximum atomic E-state index is 14.6. The monoisotopic (exact) mass is 811 g/mol. The molecule has 0 aliphatic heterocycles. The summed E-state index contributed by atoms with van der Waals surface area (Å²) < 4.78 is 33.5. The Hall–Kier alpha value is -1.61. The predicted octanol–water partition coefficient (Wildman–Crippen LogP) is 18.0. The van der Waals surface area contributed by atoms with E-state index in [2.05, 4.69) is 106 Å². The van der Waals surface area contributed by atoms with E-state index in [9.17, 15) is 4.57 Å². The van der Waals surface area contributed by atoms with Gasteiger partial charge in [-0.1, -0.05) is 221 Å². The minimum atomic E-state index is -3.86. The van der Waals surface area contributed by atoms with E-state index in [1.54, 1.807) is 0 Å². The molecule has 0 heterocycles. The first-order valence-electron chi connectivity index (χ1n) is 24.0. The van der Waals surface area contributed by atoms with Gasteiger partial charge in [-0.15, -0.1) is 0 Å². The van der Waals surface area contributed by atoms with Gasteiger partial charge in [-0.05, 0) is 77.8 Å². The summed E-state index contributed by atoms with van der Waals surface area (Å²) in [5, 5.41) is 0. The van der Waals surface area contributed by atoms with Gasteiger partial charge in [0.1, 0.15) is 5.75 Å². The van der Waals surface area contributed by atoms with Crippen LogP contribution in [-0.2, 0) is 24.4 Å². The van der Waals surface area contributed by atoms with Crippen LogP contribution in [0.2, 0.25) is 0 Å². The molecule has 0 N–H and O–H groups in total. The van der Waals surface area contributed by atoms with Crippen LogP contribution in [0.3, 0.4) is 0 Å². The molecule has 1 atom stereocenters. The van der Waals surface area contributed by atoms with E-state index in [0.29, 0.717) is 19.0 Å². The van der Waals surface area contributed by atoms with Crippen molar-refractivity contribution in [2.45, 2.75) is 247 Å². The Balaban J connectivity index is 2.21. The highest BCUT2D eigenvalue weighted by molar-refractivity contribution is 7.48. The van der Waals surface area contributed by atoms with Gasteiger partial charge >= 0.3 is 7.82 Å². The first kappa shape index (κ1) is 51.5. The molecule has 5 heteroatoms. The van der Waals surface area contributed by atoms with Crippen LogP contribution < -0.4 is 4.52 Å². The number of benzene rings is 2. The van der Waals surface area contributed by atoms with Crippen LogP contribution in [-0.4, -0.2) is 13.2 Å². The maximum absolute atomic E-state index is 14.6. The highest BCUT2D eigenvalue weighted by atomic mass is 31.2. The molecule has 0 amide bonds. The van der Waals surface area contributed by atoms with Gasteiger partial charge in [0, 0.05) is 11.5 Å². The second-order valence-electron chi connectivity index (χ2n) is 19.4. The zero-order chi connectivity index (χ0) is 42.2. The van der Waals surface area contributed by atoms with Crippen LogP contribution in [0.5, 0.6) is 5.75 Å². The fourth-order valence-electron chi connectivity index (χ4n) is 8.08. The standard InChI is InChI=1S/C52H91O4P/c1-12-15-17-19-21-23-25-27-29-31-33-38-54-57(53,55-39-34-32-30-28-26-24-22-20-18-16-13-2)56-50-40-44(5)48(42-49(50)52(9,10)11)46(35-14-3)47-41-45(51(6,7)8)37-36-43(47)4/h36-37,40-42,46H,12-35,38-39H2,1-11H3. The molecular formula is C52H91O4P. The fraction of sp³-hybridized carbons (Fsp3) is 0.769. The largest absolute Gasteiger partial charge is 0.530 e. The van der Waals surface area contributed by atoms with Gasteiger partial charge in [0.25, 0.3) is 0 Å². The number of phosphoric acid groups is 1. The van der Waals surface area contributed by atoms with Crippen LogP contribution in [0.1, 0.15) is 256 Å². The van der Waals surface area contributed by atoms with Crippen LogP contribution in [0.25, 0.3) is 0 Å². The molecule has 328 valence electrons. The molecule has 0 aliphatic rings. The summed E-state index contributed by atoms with van der Waals surface area (Å²) in [5.74, 6) is 0.884. The molecule has 0 radical (unpaired) electrons. The highest BCUT2D eigenvalue weighted by Gasteiger charge is 2.33. The molecule has 0 aromatic heterocycles. The Morgan fingerprint density at radius 3 is 1.33 bits per heavy atom. The first-order valence-corrected chi connectivity index (χ1v) is 25.5. The number of hydrogen-bond donors (Lipinski definition) is 0. The number of unbranched alkanes of at least 4 members (excludes halogenated alkanes) is 20. The molecule has 0 spiro atoms. The Morgan fingerprint density at radius 2 is 0.930 bits per heavy atom. The SMILES string of the molecule is CCCCCCCCCCCCCOP(=O)(OCCCCCCCCCCCCC)Oc1cc(C)c(C(CCC)c2cc(C(C)(C)C)ccc2C)cc1C(C)(C)C. The first-order chi connectivity index (χ1) is 27.2. The van der Waals surface area contributed by atoms with Crippen molar-refractivity contribution in [1.82, 2.24) is 0 Å². The lowest BCUT2D eigenvalue weighted by Crippen LogP contribution is -2.17. The Morgan fingerprint density at radius 1 is 0.509 bits per heavy atom. The molecule has 2 aromatic rings. The second kappa shape index (κ2) is 28.0. The minimum absolute atomic E-state index is 0.0742. The molecule has 0 aliphatic carbocycles.